The van der Waals surface area contributed by atoms with Crippen molar-refractivity contribution in [3.8, 4) is 0 Å². The van der Waals surface area contributed by atoms with E-state index in [0.29, 0.717) is 5.69 Å². The molecule has 1 saturated heterocycles. The molecule has 0 spiro atoms. The minimum Gasteiger partial charge on any atom is -0.397 e. The maximum atomic E-state index is 13.5. The van der Waals surface area contributed by atoms with Gasteiger partial charge in [0.2, 0.25) is 0 Å². The Morgan fingerprint density at radius 1 is 1.09 bits per heavy atom. The molecule has 0 bridgehead atoms. The SMILES string of the molecule is Nc1cc(CCCNc2ccccc2F)ccc1N1CCCC1. The number of hydrogen-bond donors (Lipinski definition) is 2. The smallest absolute Gasteiger partial charge is 0.146 e. The number of para-hydroxylation sites is 1. The van der Waals surface area contributed by atoms with E-state index in [-0.39, 0.29) is 5.82 Å². The molecule has 0 radical (unpaired) electrons. The van der Waals surface area contributed by atoms with Crippen LogP contribution in [-0.4, -0.2) is 19.6 Å². The molecule has 122 valence electrons. The summed E-state index contributed by atoms with van der Waals surface area (Å²) in [4.78, 5) is 2.36. The summed E-state index contributed by atoms with van der Waals surface area (Å²) in [7, 11) is 0. The molecule has 4 heteroatoms. The summed E-state index contributed by atoms with van der Waals surface area (Å²) < 4.78 is 13.5. The molecule has 3 N–H and O–H groups in total. The third-order valence-electron chi connectivity index (χ3n) is 4.37. The Kier molecular flexibility index (Phi) is 5.01. The van der Waals surface area contributed by atoms with Crippen LogP contribution in [-0.2, 0) is 6.42 Å². The van der Waals surface area contributed by atoms with E-state index in [2.05, 4.69) is 28.4 Å². The highest BCUT2D eigenvalue weighted by atomic mass is 19.1. The molecule has 23 heavy (non-hydrogen) atoms. The summed E-state index contributed by atoms with van der Waals surface area (Å²) in [5.74, 6) is -0.202. The van der Waals surface area contributed by atoms with E-state index in [9.17, 15) is 4.39 Å². The summed E-state index contributed by atoms with van der Waals surface area (Å²) in [5, 5.41) is 3.14. The lowest BCUT2D eigenvalue weighted by Gasteiger charge is -2.20. The highest BCUT2D eigenvalue weighted by molar-refractivity contribution is 5.68. The molecule has 0 saturated carbocycles. The lowest BCUT2D eigenvalue weighted by molar-refractivity contribution is 0.629. The second-order valence-electron chi connectivity index (χ2n) is 6.10. The Bertz CT molecular complexity index is 651. The van der Waals surface area contributed by atoms with Crippen molar-refractivity contribution < 1.29 is 4.39 Å². The average molecular weight is 313 g/mol. The van der Waals surface area contributed by atoms with E-state index >= 15 is 0 Å². The Morgan fingerprint density at radius 2 is 1.87 bits per heavy atom. The number of halogens is 1. The number of nitrogens with two attached hydrogens (primary N) is 1. The van der Waals surface area contributed by atoms with Crippen LogP contribution < -0.4 is 16.0 Å². The highest BCUT2D eigenvalue weighted by Crippen LogP contribution is 2.27. The number of nitrogen functional groups attached to an aromatic ring is 1. The summed E-state index contributed by atoms with van der Waals surface area (Å²) in [6.45, 7) is 2.96. The van der Waals surface area contributed by atoms with Crippen molar-refractivity contribution in [1.82, 2.24) is 0 Å². The van der Waals surface area contributed by atoms with Crippen molar-refractivity contribution >= 4 is 17.1 Å². The van der Waals surface area contributed by atoms with Gasteiger partial charge in [0.1, 0.15) is 5.82 Å². The first-order chi connectivity index (χ1) is 11.2. The first kappa shape index (κ1) is 15.7. The molecule has 2 aromatic carbocycles. The summed E-state index contributed by atoms with van der Waals surface area (Å²) in [6.07, 6.45) is 4.38. The third-order valence-corrected chi connectivity index (χ3v) is 4.37. The molecule has 1 aliphatic rings. The molecule has 1 heterocycles. The van der Waals surface area contributed by atoms with Gasteiger partial charge in [-0.15, -0.1) is 0 Å². The standard InChI is InChI=1S/C19H24FN3/c20-16-7-1-2-8-18(16)22-11-5-6-15-9-10-19(17(21)14-15)23-12-3-4-13-23/h1-2,7-10,14,22H,3-6,11-13,21H2. The van der Waals surface area contributed by atoms with Crippen LogP contribution in [0.3, 0.4) is 0 Å². The molecule has 2 aromatic rings. The fraction of sp³-hybridized carbons (Fsp3) is 0.368. The zero-order valence-corrected chi connectivity index (χ0v) is 13.4. The Morgan fingerprint density at radius 3 is 2.61 bits per heavy atom. The molecule has 0 amide bonds. The predicted molar refractivity (Wildman–Crippen MR) is 95.5 cm³/mol. The van der Waals surface area contributed by atoms with Crippen LogP contribution in [0.2, 0.25) is 0 Å². The van der Waals surface area contributed by atoms with Gasteiger partial charge in [-0.1, -0.05) is 18.2 Å². The second-order valence-corrected chi connectivity index (χ2v) is 6.10. The van der Waals surface area contributed by atoms with Gasteiger partial charge >= 0.3 is 0 Å². The van der Waals surface area contributed by atoms with Crippen molar-refractivity contribution in [2.75, 3.05) is 35.6 Å². The molecule has 3 nitrogen and oxygen atoms in total. The zero-order valence-electron chi connectivity index (χ0n) is 13.4. The largest absolute Gasteiger partial charge is 0.397 e. The van der Waals surface area contributed by atoms with Crippen LogP contribution in [0.15, 0.2) is 42.5 Å². The summed E-state index contributed by atoms with van der Waals surface area (Å²) in [6, 6.07) is 13.1. The minimum absolute atomic E-state index is 0.202. The fourth-order valence-corrected chi connectivity index (χ4v) is 3.13. The van der Waals surface area contributed by atoms with Gasteiger partial charge in [-0.3, -0.25) is 0 Å². The van der Waals surface area contributed by atoms with Gasteiger partial charge in [-0.2, -0.15) is 0 Å². The van der Waals surface area contributed by atoms with Crippen LogP contribution in [0.4, 0.5) is 21.5 Å². The van der Waals surface area contributed by atoms with Crippen molar-refractivity contribution in [2.45, 2.75) is 25.7 Å². The number of anilines is 3. The fourth-order valence-electron chi connectivity index (χ4n) is 3.13. The molecule has 3 rings (SSSR count). The predicted octanol–water partition coefficient (Wildman–Crippen LogP) is 4.05. The minimum atomic E-state index is -0.202. The molecule has 0 unspecified atom stereocenters. The topological polar surface area (TPSA) is 41.3 Å². The number of benzene rings is 2. The molecule has 1 fully saturated rings. The van der Waals surface area contributed by atoms with Gasteiger partial charge in [0.05, 0.1) is 17.1 Å². The van der Waals surface area contributed by atoms with Gasteiger partial charge in [-0.05, 0) is 55.5 Å². The zero-order chi connectivity index (χ0) is 16.1. The van der Waals surface area contributed by atoms with Crippen molar-refractivity contribution in [3.05, 3.63) is 53.8 Å². The Balaban J connectivity index is 1.50. The summed E-state index contributed by atoms with van der Waals surface area (Å²) >= 11 is 0. The van der Waals surface area contributed by atoms with E-state index in [0.717, 1.165) is 43.9 Å². The van der Waals surface area contributed by atoms with Gasteiger partial charge < -0.3 is 16.0 Å². The first-order valence-corrected chi connectivity index (χ1v) is 8.36. The monoisotopic (exact) mass is 313 g/mol. The van der Waals surface area contributed by atoms with Crippen molar-refractivity contribution in [1.29, 1.82) is 0 Å². The summed E-state index contributed by atoms with van der Waals surface area (Å²) in [5.41, 5.74) is 10.0. The second kappa shape index (κ2) is 7.36. The van der Waals surface area contributed by atoms with E-state index in [1.54, 1.807) is 12.1 Å². The van der Waals surface area contributed by atoms with Crippen LogP contribution in [0, 0.1) is 5.82 Å². The lowest BCUT2D eigenvalue weighted by atomic mass is 10.1. The molecular weight excluding hydrogens is 289 g/mol. The van der Waals surface area contributed by atoms with Crippen molar-refractivity contribution in [2.24, 2.45) is 0 Å². The number of aryl methyl sites for hydroxylation is 1. The normalized spacial score (nSPS) is 14.2. The maximum Gasteiger partial charge on any atom is 0.146 e. The van der Waals surface area contributed by atoms with Gasteiger partial charge in [0, 0.05) is 19.6 Å². The van der Waals surface area contributed by atoms with E-state index in [1.807, 2.05) is 6.07 Å². The molecule has 0 aliphatic carbocycles. The average Bonchev–Trinajstić information content (AvgIpc) is 3.07. The van der Waals surface area contributed by atoms with Gasteiger partial charge in [0.15, 0.2) is 0 Å². The van der Waals surface area contributed by atoms with Crippen LogP contribution in [0.5, 0.6) is 0 Å². The van der Waals surface area contributed by atoms with Crippen LogP contribution in [0.1, 0.15) is 24.8 Å². The molecule has 0 aromatic heterocycles. The quantitative estimate of drug-likeness (QED) is 0.624. The number of rotatable bonds is 6. The highest BCUT2D eigenvalue weighted by Gasteiger charge is 2.14. The number of hydrogen-bond acceptors (Lipinski definition) is 3. The van der Waals surface area contributed by atoms with E-state index in [4.69, 9.17) is 5.73 Å². The van der Waals surface area contributed by atoms with E-state index < -0.39 is 0 Å². The van der Waals surface area contributed by atoms with Crippen molar-refractivity contribution in [3.63, 3.8) is 0 Å². The molecular formula is C19H24FN3. The first-order valence-electron chi connectivity index (χ1n) is 8.36. The lowest BCUT2D eigenvalue weighted by Crippen LogP contribution is -2.19. The maximum absolute atomic E-state index is 13.5. The van der Waals surface area contributed by atoms with Crippen LogP contribution >= 0.6 is 0 Å². The van der Waals surface area contributed by atoms with Crippen LogP contribution in [0.25, 0.3) is 0 Å². The Labute approximate surface area is 137 Å². The number of nitrogens with one attached hydrogen (secondary N) is 1. The number of nitrogens with zero attached hydrogens (tertiary/aromatic N) is 1. The third kappa shape index (κ3) is 3.95. The molecule has 0 atom stereocenters. The van der Waals surface area contributed by atoms with Gasteiger partial charge in [0.25, 0.3) is 0 Å². The van der Waals surface area contributed by atoms with Gasteiger partial charge in [-0.25, -0.2) is 4.39 Å². The van der Waals surface area contributed by atoms with E-state index in [1.165, 1.54) is 24.5 Å². The molecule has 1 aliphatic heterocycles. The Hall–Kier alpha value is -2.23.